The van der Waals surface area contributed by atoms with Gasteiger partial charge in [-0.2, -0.15) is 0 Å². The van der Waals surface area contributed by atoms with Gasteiger partial charge in [0.05, 0.1) is 19.8 Å². The molecule has 0 saturated carbocycles. The Balaban J connectivity index is 1.75. The lowest BCUT2D eigenvalue weighted by Crippen LogP contribution is -2.35. The van der Waals surface area contributed by atoms with E-state index in [-0.39, 0.29) is 0 Å². The van der Waals surface area contributed by atoms with Crippen LogP contribution in [-0.2, 0) is 0 Å². The van der Waals surface area contributed by atoms with Crippen LogP contribution < -0.4 is 0 Å². The number of quaternary nitrogens is 1. The van der Waals surface area contributed by atoms with Gasteiger partial charge >= 0.3 is 0 Å². The predicted molar refractivity (Wildman–Crippen MR) is 98.9 cm³/mol. The molecule has 1 rings (SSSR count). The third-order valence-electron chi connectivity index (χ3n) is 4.75. The molecular weight excluding hydrogens is 268 g/mol. The van der Waals surface area contributed by atoms with Crippen molar-refractivity contribution in [3.05, 3.63) is 12.4 Å². The summed E-state index contributed by atoms with van der Waals surface area (Å²) < 4.78 is 0.900. The summed E-state index contributed by atoms with van der Waals surface area (Å²) in [5.74, 6) is 0.887. The quantitative estimate of drug-likeness (QED) is 0.264. The minimum absolute atomic E-state index is 0.887. The minimum atomic E-state index is 0.887. The van der Waals surface area contributed by atoms with Crippen LogP contribution in [0, 0.1) is 5.92 Å². The first kappa shape index (κ1) is 19.4. The molecule has 1 atom stereocenters. The predicted octanol–water partition coefficient (Wildman–Crippen LogP) is 6.28. The summed E-state index contributed by atoms with van der Waals surface area (Å²) >= 11 is 0. The average molecular weight is 308 g/mol. The zero-order chi connectivity index (χ0) is 16.1. The smallest absolute Gasteiger partial charge is 0.194 e. The van der Waals surface area contributed by atoms with E-state index in [1.807, 2.05) is 12.5 Å². The van der Waals surface area contributed by atoms with Crippen LogP contribution in [0.3, 0.4) is 0 Å². The summed E-state index contributed by atoms with van der Waals surface area (Å²) in [4.78, 5) is 4.19. The number of aliphatic imine (C=N–C) groups is 1. The normalized spacial score (nSPS) is 20.4. The molecule has 2 nitrogen and oxygen atoms in total. The van der Waals surface area contributed by atoms with E-state index < -0.39 is 0 Å². The Morgan fingerprint density at radius 2 is 1.27 bits per heavy atom. The number of rotatable bonds is 14. The Morgan fingerprint density at radius 1 is 0.773 bits per heavy atom. The van der Waals surface area contributed by atoms with Gasteiger partial charge in [-0.25, -0.2) is 4.99 Å². The Bertz CT molecular complexity index is 306. The van der Waals surface area contributed by atoms with Crippen LogP contribution in [0.1, 0.15) is 90.9 Å². The van der Waals surface area contributed by atoms with Crippen LogP contribution in [0.5, 0.6) is 0 Å². The van der Waals surface area contributed by atoms with Crippen molar-refractivity contribution < 1.29 is 4.48 Å². The molecule has 0 aromatic rings. The molecule has 0 saturated heterocycles. The lowest BCUT2D eigenvalue weighted by molar-refractivity contribution is -0.756. The molecule has 22 heavy (non-hydrogen) atoms. The number of hydrogen-bond acceptors (Lipinski definition) is 1. The molecule has 128 valence electrons. The van der Waals surface area contributed by atoms with Crippen LogP contribution in [-0.4, -0.2) is 24.4 Å². The van der Waals surface area contributed by atoms with Crippen LogP contribution in [0.25, 0.3) is 0 Å². The van der Waals surface area contributed by atoms with Crippen molar-refractivity contribution in [2.75, 3.05) is 13.6 Å². The third-order valence-corrected chi connectivity index (χ3v) is 4.75. The Hall–Kier alpha value is -0.630. The van der Waals surface area contributed by atoms with Crippen LogP contribution in [0.2, 0.25) is 0 Å². The Kier molecular flexibility index (Phi) is 10.5. The molecule has 0 N–H and O–H groups in total. The fourth-order valence-electron chi connectivity index (χ4n) is 3.15. The lowest BCUT2D eigenvalue weighted by Gasteiger charge is -2.21. The van der Waals surface area contributed by atoms with Crippen molar-refractivity contribution >= 4 is 6.34 Å². The molecule has 0 fully saturated rings. The summed E-state index contributed by atoms with van der Waals surface area (Å²) in [5.41, 5.74) is 0. The molecule has 0 bridgehead atoms. The van der Waals surface area contributed by atoms with Gasteiger partial charge in [-0.15, -0.1) is 0 Å². The topological polar surface area (TPSA) is 12.4 Å². The third kappa shape index (κ3) is 10.2. The molecule has 1 aliphatic rings. The highest BCUT2D eigenvalue weighted by atomic mass is 15.3. The Morgan fingerprint density at radius 3 is 1.73 bits per heavy atom. The molecule has 0 radical (unpaired) electrons. The summed E-state index contributed by atoms with van der Waals surface area (Å²) in [6.07, 6.45) is 23.3. The lowest BCUT2D eigenvalue weighted by atomic mass is 10.0. The first-order valence-corrected chi connectivity index (χ1v) is 9.69. The molecule has 1 unspecified atom stereocenters. The van der Waals surface area contributed by atoms with Gasteiger partial charge in [0.15, 0.2) is 6.34 Å². The van der Waals surface area contributed by atoms with E-state index >= 15 is 0 Å². The van der Waals surface area contributed by atoms with Gasteiger partial charge in [0.25, 0.3) is 0 Å². The molecule has 2 heteroatoms. The van der Waals surface area contributed by atoms with Gasteiger partial charge in [0, 0.05) is 0 Å². The van der Waals surface area contributed by atoms with Crippen LogP contribution >= 0.6 is 0 Å². The molecule has 0 aliphatic carbocycles. The molecule has 1 heterocycles. The fourth-order valence-corrected chi connectivity index (χ4v) is 3.15. The maximum Gasteiger partial charge on any atom is 0.194 e. The van der Waals surface area contributed by atoms with Gasteiger partial charge < -0.3 is 0 Å². The summed E-state index contributed by atoms with van der Waals surface area (Å²) in [7, 11) is 2.23. The van der Waals surface area contributed by atoms with Crippen LogP contribution in [0.4, 0.5) is 0 Å². The molecular formula is C20H39N2+. The molecule has 0 aromatic heterocycles. The van der Waals surface area contributed by atoms with Gasteiger partial charge in [0.1, 0.15) is 6.20 Å². The van der Waals surface area contributed by atoms with E-state index in [2.05, 4.69) is 32.1 Å². The molecule has 1 aliphatic heterocycles. The zero-order valence-electron chi connectivity index (χ0n) is 15.4. The molecule has 0 aromatic carbocycles. The number of unbranched alkanes of at least 4 members (excludes halogenated alkanes) is 10. The van der Waals surface area contributed by atoms with Crippen molar-refractivity contribution in [2.45, 2.75) is 90.9 Å². The second-order valence-electron chi connectivity index (χ2n) is 7.70. The van der Waals surface area contributed by atoms with E-state index in [1.165, 1.54) is 83.6 Å². The van der Waals surface area contributed by atoms with Crippen molar-refractivity contribution in [3.63, 3.8) is 0 Å². The summed E-state index contributed by atoms with van der Waals surface area (Å²) in [6.45, 7) is 5.87. The Labute approximate surface area is 139 Å². The van der Waals surface area contributed by atoms with Gasteiger partial charge in [-0.05, 0) is 18.8 Å². The van der Waals surface area contributed by atoms with Crippen molar-refractivity contribution in [2.24, 2.45) is 10.9 Å². The molecule has 0 amide bonds. The van der Waals surface area contributed by atoms with E-state index in [1.54, 1.807) is 0 Å². The average Bonchev–Trinajstić information content (AvgIpc) is 2.90. The van der Waals surface area contributed by atoms with Crippen molar-refractivity contribution in [1.29, 1.82) is 0 Å². The van der Waals surface area contributed by atoms with E-state index in [4.69, 9.17) is 0 Å². The van der Waals surface area contributed by atoms with E-state index in [9.17, 15) is 0 Å². The zero-order valence-corrected chi connectivity index (χ0v) is 15.4. The SMILES string of the molecule is CC(C)CCCCCCCCCCCCC[N+]1(C)C=CN=C1. The molecule has 0 spiro atoms. The van der Waals surface area contributed by atoms with Gasteiger partial charge in [-0.1, -0.05) is 78.1 Å². The number of nitrogens with zero attached hydrogens (tertiary/aromatic N) is 2. The van der Waals surface area contributed by atoms with Gasteiger partial charge in [0.2, 0.25) is 0 Å². The summed E-state index contributed by atoms with van der Waals surface area (Å²) in [5, 5.41) is 0. The fraction of sp³-hybridized carbons (Fsp3) is 0.850. The van der Waals surface area contributed by atoms with Gasteiger partial charge in [-0.3, -0.25) is 4.48 Å². The highest BCUT2D eigenvalue weighted by molar-refractivity contribution is 5.50. The van der Waals surface area contributed by atoms with Crippen LogP contribution in [0.15, 0.2) is 17.4 Å². The highest BCUT2D eigenvalue weighted by Gasteiger charge is 2.18. The first-order valence-electron chi connectivity index (χ1n) is 9.69. The summed E-state index contributed by atoms with van der Waals surface area (Å²) in [6, 6.07) is 0. The standard InChI is InChI=1S/C20H39N2/c1-20(2)15-13-11-9-7-5-4-6-8-10-12-14-17-22(3)18-16-21-19-22/h16,18-20H,4-15,17H2,1-3H3/q+1. The second kappa shape index (κ2) is 11.9. The van der Waals surface area contributed by atoms with E-state index in [0.29, 0.717) is 0 Å². The van der Waals surface area contributed by atoms with Crippen molar-refractivity contribution in [1.82, 2.24) is 0 Å². The monoisotopic (exact) mass is 307 g/mol. The van der Waals surface area contributed by atoms with Crippen molar-refractivity contribution in [3.8, 4) is 0 Å². The maximum absolute atomic E-state index is 4.19. The highest BCUT2D eigenvalue weighted by Crippen LogP contribution is 2.15. The largest absolute Gasteiger partial charge is 0.256 e. The van der Waals surface area contributed by atoms with E-state index in [0.717, 1.165) is 10.4 Å². The first-order chi connectivity index (χ1) is 10.6. The number of hydrogen-bond donors (Lipinski definition) is 0. The minimum Gasteiger partial charge on any atom is -0.256 e. The second-order valence-corrected chi connectivity index (χ2v) is 7.70. The maximum atomic E-state index is 4.19.